The van der Waals surface area contributed by atoms with Crippen LogP contribution in [0.2, 0.25) is 0 Å². The van der Waals surface area contributed by atoms with Crippen molar-refractivity contribution >= 4 is 11.9 Å². The molecular formula is C20H4F10O4. The van der Waals surface area contributed by atoms with Crippen molar-refractivity contribution in [2.75, 3.05) is 13.2 Å². The molecule has 0 amide bonds. The molecule has 0 saturated heterocycles. The van der Waals surface area contributed by atoms with Gasteiger partial charge in [-0.1, -0.05) is 0 Å². The number of rotatable bonds is 4. The van der Waals surface area contributed by atoms with Gasteiger partial charge < -0.3 is 9.47 Å². The summed E-state index contributed by atoms with van der Waals surface area (Å²) in [6.45, 7) is -1.89. The van der Waals surface area contributed by atoms with Crippen molar-refractivity contribution in [1.29, 1.82) is 0 Å². The lowest BCUT2D eigenvalue weighted by molar-refractivity contribution is 0.0531. The lowest BCUT2D eigenvalue weighted by atomic mass is 10.1. The highest BCUT2D eigenvalue weighted by molar-refractivity contribution is 5.90. The van der Waals surface area contributed by atoms with Gasteiger partial charge in [-0.15, -0.1) is 0 Å². The summed E-state index contributed by atoms with van der Waals surface area (Å²) in [7, 11) is 0. The van der Waals surface area contributed by atoms with Gasteiger partial charge in [-0.25, -0.2) is 53.5 Å². The average molecular weight is 498 g/mol. The van der Waals surface area contributed by atoms with Gasteiger partial charge in [0.25, 0.3) is 0 Å². The summed E-state index contributed by atoms with van der Waals surface area (Å²) in [5.74, 6) is -20.3. The number of benzene rings is 2. The summed E-state index contributed by atoms with van der Waals surface area (Å²) in [6.07, 6.45) is 0. The fourth-order valence-electron chi connectivity index (χ4n) is 2.08. The minimum absolute atomic E-state index is 0.947. The summed E-state index contributed by atoms with van der Waals surface area (Å²) in [6, 6.07) is 0. The van der Waals surface area contributed by atoms with E-state index in [1.165, 1.54) is 0 Å². The van der Waals surface area contributed by atoms with Gasteiger partial charge in [0.15, 0.2) is 59.8 Å². The van der Waals surface area contributed by atoms with Crippen molar-refractivity contribution in [2.24, 2.45) is 0 Å². The third-order valence-electron chi connectivity index (χ3n) is 3.62. The van der Waals surface area contributed by atoms with E-state index in [1.54, 1.807) is 0 Å². The first-order chi connectivity index (χ1) is 15.9. The second-order valence-electron chi connectivity index (χ2n) is 5.65. The van der Waals surface area contributed by atoms with Gasteiger partial charge in [-0.05, 0) is 23.7 Å². The third-order valence-corrected chi connectivity index (χ3v) is 3.62. The summed E-state index contributed by atoms with van der Waals surface area (Å²) in [5.41, 5.74) is -3.71. The van der Waals surface area contributed by atoms with Crippen LogP contribution >= 0.6 is 0 Å². The van der Waals surface area contributed by atoms with Crippen molar-refractivity contribution in [3.8, 4) is 23.7 Å². The van der Waals surface area contributed by atoms with E-state index in [0.29, 0.717) is 0 Å². The molecule has 178 valence electrons. The molecule has 0 unspecified atom stereocenters. The minimum atomic E-state index is -2.48. The molecule has 0 radical (unpaired) electrons. The standard InChI is InChI=1S/C20H4F10O4/c21-9-7(10(22)14(26)17(29)13(9)25)19(31)33-5-3-1-2-4-6-34-20(32)8-11(23)15(27)18(30)16(28)12(8)24/h5-6H2. The Bertz CT molecular complexity index is 1160. The van der Waals surface area contributed by atoms with Crippen LogP contribution in [0.5, 0.6) is 0 Å². The maximum Gasteiger partial charge on any atom is 0.345 e. The number of hydrogen-bond donors (Lipinski definition) is 0. The normalized spacial score (nSPS) is 10.1. The molecule has 0 aliphatic carbocycles. The maximum absolute atomic E-state index is 13.4. The first kappa shape index (κ1) is 26.1. The van der Waals surface area contributed by atoms with Gasteiger partial charge in [0.2, 0.25) is 11.6 Å². The van der Waals surface area contributed by atoms with E-state index in [9.17, 15) is 53.5 Å². The number of esters is 2. The van der Waals surface area contributed by atoms with Crippen LogP contribution < -0.4 is 0 Å². The predicted molar refractivity (Wildman–Crippen MR) is 88.6 cm³/mol. The van der Waals surface area contributed by atoms with Gasteiger partial charge in [0.1, 0.15) is 11.1 Å². The van der Waals surface area contributed by atoms with E-state index in [1.807, 2.05) is 23.7 Å². The van der Waals surface area contributed by atoms with Gasteiger partial charge in [-0.3, -0.25) is 0 Å². The fourth-order valence-corrected chi connectivity index (χ4v) is 2.08. The lowest BCUT2D eigenvalue weighted by Gasteiger charge is -2.06. The van der Waals surface area contributed by atoms with Crippen LogP contribution in [0.1, 0.15) is 20.7 Å². The van der Waals surface area contributed by atoms with E-state index in [4.69, 9.17) is 0 Å². The first-order valence-corrected chi connectivity index (χ1v) is 8.24. The molecule has 0 fully saturated rings. The fraction of sp³-hybridized carbons (Fsp3) is 0.100. The maximum atomic E-state index is 13.4. The summed E-state index contributed by atoms with van der Waals surface area (Å²) < 4.78 is 140. The Hall–Kier alpha value is -4.20. The number of halogens is 10. The Kier molecular flexibility index (Phi) is 8.13. The molecule has 2 aromatic rings. The Balaban J connectivity index is 1.96. The Labute approximate surface area is 182 Å². The zero-order valence-corrected chi connectivity index (χ0v) is 15.8. The topological polar surface area (TPSA) is 52.6 Å². The largest absolute Gasteiger partial charge is 0.449 e. The number of ether oxygens (including phenoxy) is 2. The molecule has 4 nitrogen and oxygen atoms in total. The molecule has 2 rings (SSSR count). The van der Waals surface area contributed by atoms with E-state index >= 15 is 0 Å². The monoisotopic (exact) mass is 498 g/mol. The minimum Gasteiger partial charge on any atom is -0.449 e. The molecule has 14 heteroatoms. The van der Waals surface area contributed by atoms with Crippen molar-refractivity contribution < 1.29 is 63.0 Å². The van der Waals surface area contributed by atoms with Crippen LogP contribution in [-0.2, 0) is 9.47 Å². The third kappa shape index (κ3) is 5.06. The van der Waals surface area contributed by atoms with E-state index in [0.717, 1.165) is 0 Å². The van der Waals surface area contributed by atoms with Gasteiger partial charge in [-0.2, -0.15) is 0 Å². The second kappa shape index (κ2) is 10.6. The summed E-state index contributed by atoms with van der Waals surface area (Å²) in [5, 5.41) is 0. The molecule has 0 heterocycles. The van der Waals surface area contributed by atoms with Crippen LogP contribution in [-0.4, -0.2) is 25.2 Å². The lowest BCUT2D eigenvalue weighted by Crippen LogP contribution is -2.15. The van der Waals surface area contributed by atoms with E-state index in [-0.39, 0.29) is 0 Å². The zero-order valence-electron chi connectivity index (χ0n) is 15.8. The summed E-state index contributed by atoms with van der Waals surface area (Å²) in [4.78, 5) is 23.0. The van der Waals surface area contributed by atoms with Crippen LogP contribution in [0.15, 0.2) is 0 Å². The molecule has 0 atom stereocenters. The van der Waals surface area contributed by atoms with Gasteiger partial charge >= 0.3 is 11.9 Å². The molecule has 0 bridgehead atoms. The highest BCUT2D eigenvalue weighted by Gasteiger charge is 2.31. The van der Waals surface area contributed by atoms with Gasteiger partial charge in [0.05, 0.1) is 0 Å². The number of hydrogen-bond acceptors (Lipinski definition) is 4. The van der Waals surface area contributed by atoms with Crippen LogP contribution in [0.3, 0.4) is 0 Å². The average Bonchev–Trinajstić information content (AvgIpc) is 2.80. The van der Waals surface area contributed by atoms with Crippen LogP contribution in [0.4, 0.5) is 43.9 Å². The summed E-state index contributed by atoms with van der Waals surface area (Å²) >= 11 is 0. The predicted octanol–water partition coefficient (Wildman–Crippen LogP) is 4.10. The van der Waals surface area contributed by atoms with Crippen molar-refractivity contribution in [1.82, 2.24) is 0 Å². The first-order valence-electron chi connectivity index (χ1n) is 8.24. The molecule has 0 aliphatic rings. The molecule has 0 aliphatic heterocycles. The zero-order chi connectivity index (χ0) is 25.7. The molecule has 0 N–H and O–H groups in total. The second-order valence-corrected chi connectivity index (χ2v) is 5.65. The van der Waals surface area contributed by atoms with E-state index < -0.39 is 94.5 Å². The van der Waals surface area contributed by atoms with Crippen LogP contribution in [0.25, 0.3) is 0 Å². The molecule has 0 saturated carbocycles. The number of carbonyl (C=O) groups is 2. The van der Waals surface area contributed by atoms with Crippen molar-refractivity contribution in [3.63, 3.8) is 0 Å². The molecule has 0 spiro atoms. The highest BCUT2D eigenvalue weighted by Crippen LogP contribution is 2.24. The molecule has 2 aromatic carbocycles. The SMILES string of the molecule is O=C(OCC#CC#CCOC(=O)c1c(F)c(F)c(F)c(F)c1F)c1c(F)c(F)c(F)c(F)c1F. The highest BCUT2D eigenvalue weighted by atomic mass is 19.2. The van der Waals surface area contributed by atoms with Crippen LogP contribution in [0, 0.1) is 81.9 Å². The molecule has 34 heavy (non-hydrogen) atoms. The Morgan fingerprint density at radius 1 is 0.471 bits per heavy atom. The Morgan fingerprint density at radius 3 is 0.971 bits per heavy atom. The quantitative estimate of drug-likeness (QED) is 0.210. The van der Waals surface area contributed by atoms with Crippen molar-refractivity contribution in [2.45, 2.75) is 0 Å². The smallest absolute Gasteiger partial charge is 0.345 e. The number of carbonyl (C=O) groups excluding carboxylic acids is 2. The van der Waals surface area contributed by atoms with E-state index in [2.05, 4.69) is 9.47 Å². The Morgan fingerprint density at radius 2 is 0.706 bits per heavy atom. The van der Waals surface area contributed by atoms with Crippen molar-refractivity contribution in [3.05, 3.63) is 69.3 Å². The molecule has 0 aromatic heterocycles. The molecular weight excluding hydrogens is 494 g/mol. The van der Waals surface area contributed by atoms with Gasteiger partial charge in [0, 0.05) is 0 Å².